The van der Waals surface area contributed by atoms with E-state index in [9.17, 15) is 9.59 Å². The molecule has 0 saturated carbocycles. The fourth-order valence-corrected chi connectivity index (χ4v) is 2.53. The van der Waals surface area contributed by atoms with Crippen molar-refractivity contribution in [2.45, 2.75) is 13.3 Å². The summed E-state index contributed by atoms with van der Waals surface area (Å²) in [6.07, 6.45) is 0.892. The molecule has 0 radical (unpaired) electrons. The van der Waals surface area contributed by atoms with Crippen LogP contribution in [-0.4, -0.2) is 18.4 Å². The number of carbonyl (C=O) groups excluding carboxylic acids is 2. The van der Waals surface area contributed by atoms with E-state index in [0.717, 1.165) is 6.42 Å². The Morgan fingerprint density at radius 2 is 1.41 bits per heavy atom. The third kappa shape index (κ3) is 4.82. The van der Waals surface area contributed by atoms with Crippen LogP contribution in [0.4, 0.5) is 0 Å². The van der Waals surface area contributed by atoms with Gasteiger partial charge in [-0.3, -0.25) is 4.79 Å². The molecule has 3 rings (SSSR count). The predicted molar refractivity (Wildman–Crippen MR) is 104 cm³/mol. The summed E-state index contributed by atoms with van der Waals surface area (Å²) in [5, 5.41) is 0. The molecule has 4 nitrogen and oxygen atoms in total. The summed E-state index contributed by atoms with van der Waals surface area (Å²) in [5.41, 5.74) is 1.56. The number of benzene rings is 3. The van der Waals surface area contributed by atoms with Crippen molar-refractivity contribution in [1.82, 2.24) is 0 Å². The van der Waals surface area contributed by atoms with Gasteiger partial charge in [0.1, 0.15) is 11.5 Å². The van der Waals surface area contributed by atoms with Gasteiger partial charge in [0.25, 0.3) is 0 Å². The maximum absolute atomic E-state index is 12.4. The first-order chi connectivity index (χ1) is 13.2. The summed E-state index contributed by atoms with van der Waals surface area (Å²) in [6, 6.07) is 22.5. The highest BCUT2D eigenvalue weighted by molar-refractivity contribution is 6.09. The largest absolute Gasteiger partial charge is 0.494 e. The molecule has 0 unspecified atom stereocenters. The lowest BCUT2D eigenvalue weighted by Gasteiger charge is -2.08. The van der Waals surface area contributed by atoms with Gasteiger partial charge in [-0.25, -0.2) is 4.79 Å². The smallest absolute Gasteiger partial charge is 0.343 e. The lowest BCUT2D eigenvalue weighted by atomic mass is 10.0. The summed E-state index contributed by atoms with van der Waals surface area (Å²) in [7, 11) is 0. The molecule has 0 N–H and O–H groups in total. The monoisotopic (exact) mass is 360 g/mol. The molecule has 136 valence electrons. The average Bonchev–Trinajstić information content (AvgIpc) is 2.73. The Hall–Kier alpha value is -3.40. The van der Waals surface area contributed by atoms with Crippen molar-refractivity contribution in [1.29, 1.82) is 0 Å². The van der Waals surface area contributed by atoms with Crippen LogP contribution < -0.4 is 9.47 Å². The van der Waals surface area contributed by atoms with Crippen molar-refractivity contribution in [3.63, 3.8) is 0 Å². The van der Waals surface area contributed by atoms with Crippen LogP contribution in [0.3, 0.4) is 0 Å². The van der Waals surface area contributed by atoms with Crippen LogP contribution in [0.2, 0.25) is 0 Å². The highest BCUT2D eigenvalue weighted by Crippen LogP contribution is 2.19. The molecule has 0 saturated heterocycles. The maximum Gasteiger partial charge on any atom is 0.343 e. The molecular weight excluding hydrogens is 340 g/mol. The Balaban J connectivity index is 1.68. The van der Waals surface area contributed by atoms with E-state index in [0.29, 0.717) is 34.8 Å². The number of hydrogen-bond donors (Lipinski definition) is 0. The zero-order chi connectivity index (χ0) is 19.1. The van der Waals surface area contributed by atoms with Crippen molar-refractivity contribution < 1.29 is 19.1 Å². The predicted octanol–water partition coefficient (Wildman–Crippen LogP) is 4.93. The fourth-order valence-electron chi connectivity index (χ4n) is 2.53. The summed E-state index contributed by atoms with van der Waals surface area (Å²) in [4.78, 5) is 24.7. The van der Waals surface area contributed by atoms with E-state index >= 15 is 0 Å². The second-order valence-electron chi connectivity index (χ2n) is 5.99. The molecule has 0 aliphatic rings. The Bertz CT molecular complexity index is 915. The van der Waals surface area contributed by atoms with E-state index in [2.05, 4.69) is 0 Å². The van der Waals surface area contributed by atoms with E-state index in [1.54, 1.807) is 60.7 Å². The van der Waals surface area contributed by atoms with E-state index in [-0.39, 0.29) is 5.78 Å². The van der Waals surface area contributed by atoms with Crippen LogP contribution in [0.5, 0.6) is 11.5 Å². The van der Waals surface area contributed by atoms with Crippen LogP contribution >= 0.6 is 0 Å². The number of ether oxygens (including phenoxy) is 2. The molecule has 0 bridgehead atoms. The van der Waals surface area contributed by atoms with Crippen molar-refractivity contribution in [3.05, 3.63) is 95.6 Å². The molecule has 0 aromatic heterocycles. The number of esters is 1. The molecule has 0 fully saturated rings. The summed E-state index contributed by atoms with van der Waals surface area (Å²) < 4.78 is 10.9. The maximum atomic E-state index is 12.4. The van der Waals surface area contributed by atoms with Gasteiger partial charge in [0.15, 0.2) is 5.78 Å². The van der Waals surface area contributed by atoms with Crippen molar-refractivity contribution >= 4 is 11.8 Å². The Morgan fingerprint density at radius 3 is 2.11 bits per heavy atom. The Kier molecular flexibility index (Phi) is 6.00. The minimum atomic E-state index is -0.473. The number of ketones is 1. The molecule has 4 heteroatoms. The molecule has 0 amide bonds. The van der Waals surface area contributed by atoms with E-state index in [4.69, 9.17) is 9.47 Å². The van der Waals surface area contributed by atoms with Gasteiger partial charge in [-0.2, -0.15) is 0 Å². The van der Waals surface area contributed by atoms with Gasteiger partial charge >= 0.3 is 5.97 Å². The van der Waals surface area contributed by atoms with Gasteiger partial charge < -0.3 is 9.47 Å². The SMILES string of the molecule is CCCOc1cccc(C(=O)Oc2ccc(C(=O)c3ccccc3)cc2)c1. The van der Waals surface area contributed by atoms with Crippen LogP contribution in [-0.2, 0) is 0 Å². The number of rotatable bonds is 7. The van der Waals surface area contributed by atoms with Gasteiger partial charge in [0, 0.05) is 11.1 Å². The van der Waals surface area contributed by atoms with E-state index in [1.165, 1.54) is 0 Å². The first-order valence-electron chi connectivity index (χ1n) is 8.82. The molecule has 0 atom stereocenters. The van der Waals surface area contributed by atoms with Gasteiger partial charge in [-0.1, -0.05) is 43.3 Å². The first kappa shape index (κ1) is 18.4. The lowest BCUT2D eigenvalue weighted by Crippen LogP contribution is -2.09. The van der Waals surface area contributed by atoms with Gasteiger partial charge in [-0.15, -0.1) is 0 Å². The number of carbonyl (C=O) groups is 2. The average molecular weight is 360 g/mol. The number of hydrogen-bond acceptors (Lipinski definition) is 4. The standard InChI is InChI=1S/C23H20O4/c1-2-15-26-21-10-6-9-19(16-21)23(25)27-20-13-11-18(12-14-20)22(24)17-7-4-3-5-8-17/h3-14,16H,2,15H2,1H3. The van der Waals surface area contributed by atoms with Gasteiger partial charge in [-0.05, 0) is 48.9 Å². The zero-order valence-corrected chi connectivity index (χ0v) is 15.1. The molecule has 3 aromatic carbocycles. The van der Waals surface area contributed by atoms with Crippen molar-refractivity contribution in [3.8, 4) is 11.5 Å². The lowest BCUT2D eigenvalue weighted by molar-refractivity contribution is 0.0734. The van der Waals surface area contributed by atoms with Crippen LogP contribution in [0.1, 0.15) is 39.6 Å². The normalized spacial score (nSPS) is 10.3. The Morgan fingerprint density at radius 1 is 0.741 bits per heavy atom. The topological polar surface area (TPSA) is 52.6 Å². The van der Waals surface area contributed by atoms with E-state index < -0.39 is 5.97 Å². The summed E-state index contributed by atoms with van der Waals surface area (Å²) in [6.45, 7) is 2.61. The summed E-state index contributed by atoms with van der Waals surface area (Å²) >= 11 is 0. The van der Waals surface area contributed by atoms with Crippen molar-refractivity contribution in [2.75, 3.05) is 6.61 Å². The molecule has 0 aliphatic carbocycles. The second kappa shape index (κ2) is 8.81. The summed E-state index contributed by atoms with van der Waals surface area (Å²) in [5.74, 6) is 0.466. The minimum absolute atomic E-state index is 0.0748. The minimum Gasteiger partial charge on any atom is -0.494 e. The molecule has 27 heavy (non-hydrogen) atoms. The molecule has 0 heterocycles. The van der Waals surface area contributed by atoms with Crippen LogP contribution in [0, 0.1) is 0 Å². The van der Waals surface area contributed by atoms with Crippen molar-refractivity contribution in [2.24, 2.45) is 0 Å². The highest BCUT2D eigenvalue weighted by atomic mass is 16.5. The first-order valence-corrected chi connectivity index (χ1v) is 8.82. The fraction of sp³-hybridized carbons (Fsp3) is 0.130. The quantitative estimate of drug-likeness (QED) is 0.341. The Labute approximate surface area is 158 Å². The van der Waals surface area contributed by atoms with Crippen LogP contribution in [0.15, 0.2) is 78.9 Å². The highest BCUT2D eigenvalue weighted by Gasteiger charge is 2.12. The second-order valence-corrected chi connectivity index (χ2v) is 5.99. The molecule has 0 spiro atoms. The third-order valence-electron chi connectivity index (χ3n) is 3.91. The molecule has 3 aromatic rings. The molecular formula is C23H20O4. The molecule has 0 aliphatic heterocycles. The van der Waals surface area contributed by atoms with E-state index in [1.807, 2.05) is 25.1 Å². The van der Waals surface area contributed by atoms with Crippen LogP contribution in [0.25, 0.3) is 0 Å². The third-order valence-corrected chi connectivity index (χ3v) is 3.91. The zero-order valence-electron chi connectivity index (χ0n) is 15.1. The van der Waals surface area contributed by atoms with Gasteiger partial charge in [0.2, 0.25) is 0 Å². The van der Waals surface area contributed by atoms with Gasteiger partial charge in [0.05, 0.1) is 12.2 Å².